The summed E-state index contributed by atoms with van der Waals surface area (Å²) in [5, 5.41) is 2.88. The van der Waals surface area contributed by atoms with E-state index in [0.717, 1.165) is 16.9 Å². The van der Waals surface area contributed by atoms with E-state index >= 15 is 0 Å². The number of aryl methyl sites for hydroxylation is 1. The second kappa shape index (κ2) is 6.86. The number of fused-ring (bicyclic) bond motifs is 2. The molecule has 4 rings (SSSR count). The van der Waals surface area contributed by atoms with Gasteiger partial charge in [0.2, 0.25) is 0 Å². The minimum absolute atomic E-state index is 0.123. The van der Waals surface area contributed by atoms with E-state index in [1.165, 1.54) is 0 Å². The van der Waals surface area contributed by atoms with Gasteiger partial charge in [0.1, 0.15) is 11.5 Å². The lowest BCUT2D eigenvalue weighted by atomic mass is 10.3. The lowest BCUT2D eigenvalue weighted by Gasteiger charge is -2.25. The Hall–Kier alpha value is -3.16. The maximum absolute atomic E-state index is 12.4. The number of hydrogen-bond acceptors (Lipinski definition) is 4. The van der Waals surface area contributed by atoms with Gasteiger partial charge in [-0.15, -0.1) is 0 Å². The Morgan fingerprint density at radius 3 is 2.81 bits per heavy atom. The molecule has 0 atom stereocenters. The van der Waals surface area contributed by atoms with E-state index in [1.807, 2.05) is 42.8 Å². The summed E-state index contributed by atoms with van der Waals surface area (Å²) in [6, 6.07) is 7.94. The Bertz CT molecular complexity index is 1020. The number of hydrogen-bond donors (Lipinski definition) is 1. The molecule has 0 bridgehead atoms. The fourth-order valence-corrected chi connectivity index (χ4v) is 3.44. The van der Waals surface area contributed by atoms with Crippen LogP contribution in [-0.2, 0) is 20.0 Å². The Kier molecular flexibility index (Phi) is 4.39. The van der Waals surface area contributed by atoms with Gasteiger partial charge < -0.3 is 19.4 Å². The first-order valence-corrected chi connectivity index (χ1v) is 9.13. The fraction of sp³-hybridized carbons (Fsp3) is 0.368. The van der Waals surface area contributed by atoms with Crippen LogP contribution in [0.2, 0.25) is 0 Å². The van der Waals surface area contributed by atoms with Crippen LogP contribution in [0.5, 0.6) is 0 Å². The van der Waals surface area contributed by atoms with Crippen LogP contribution in [0.1, 0.15) is 33.9 Å². The SMILES string of the molecule is CCN1CCn2cc(C(=O)NCCc3nc4ccccc4n3C)nc2C1=O. The van der Waals surface area contributed by atoms with Crippen molar-refractivity contribution in [2.75, 3.05) is 19.6 Å². The van der Waals surface area contributed by atoms with Crippen molar-refractivity contribution in [2.45, 2.75) is 19.9 Å². The van der Waals surface area contributed by atoms with Gasteiger partial charge in [-0.3, -0.25) is 9.59 Å². The molecular formula is C19H22N6O2. The van der Waals surface area contributed by atoms with Crippen LogP contribution in [0.25, 0.3) is 11.0 Å². The molecule has 8 nitrogen and oxygen atoms in total. The number of likely N-dealkylation sites (N-methyl/N-ethyl adjacent to an activating group) is 1. The van der Waals surface area contributed by atoms with Crippen molar-refractivity contribution < 1.29 is 9.59 Å². The molecule has 3 aromatic rings. The number of aromatic nitrogens is 4. The predicted molar refractivity (Wildman–Crippen MR) is 101 cm³/mol. The first-order valence-electron chi connectivity index (χ1n) is 9.13. The predicted octanol–water partition coefficient (Wildman–Crippen LogP) is 1.22. The summed E-state index contributed by atoms with van der Waals surface area (Å²) in [6.45, 7) is 4.34. The van der Waals surface area contributed by atoms with E-state index < -0.39 is 0 Å². The van der Waals surface area contributed by atoms with Gasteiger partial charge in [0.25, 0.3) is 11.8 Å². The molecule has 8 heteroatoms. The van der Waals surface area contributed by atoms with E-state index in [4.69, 9.17) is 0 Å². The summed E-state index contributed by atoms with van der Waals surface area (Å²) in [7, 11) is 1.97. The average molecular weight is 366 g/mol. The largest absolute Gasteiger partial charge is 0.350 e. The van der Waals surface area contributed by atoms with E-state index in [1.54, 1.807) is 15.7 Å². The number of nitrogens with one attached hydrogen (secondary N) is 1. The summed E-state index contributed by atoms with van der Waals surface area (Å²) < 4.78 is 3.80. The highest BCUT2D eigenvalue weighted by Gasteiger charge is 2.27. The van der Waals surface area contributed by atoms with E-state index in [2.05, 4.69) is 15.3 Å². The van der Waals surface area contributed by atoms with Crippen LogP contribution in [0.4, 0.5) is 0 Å². The fourth-order valence-electron chi connectivity index (χ4n) is 3.44. The maximum Gasteiger partial charge on any atom is 0.289 e. The second-order valence-corrected chi connectivity index (χ2v) is 6.61. The highest BCUT2D eigenvalue weighted by Crippen LogP contribution is 2.15. The average Bonchev–Trinajstić information content (AvgIpc) is 3.25. The number of imidazole rings is 2. The first-order chi connectivity index (χ1) is 13.1. The quantitative estimate of drug-likeness (QED) is 0.736. The summed E-state index contributed by atoms with van der Waals surface area (Å²) in [5.74, 6) is 0.854. The molecule has 2 aromatic heterocycles. The molecule has 0 unspecified atom stereocenters. The Morgan fingerprint density at radius 1 is 1.22 bits per heavy atom. The Balaban J connectivity index is 1.41. The third-order valence-electron chi connectivity index (χ3n) is 4.99. The molecule has 0 saturated heterocycles. The van der Waals surface area contributed by atoms with Crippen LogP contribution in [0.3, 0.4) is 0 Å². The van der Waals surface area contributed by atoms with Gasteiger partial charge in [0.05, 0.1) is 11.0 Å². The lowest BCUT2D eigenvalue weighted by Crippen LogP contribution is -2.40. The van der Waals surface area contributed by atoms with Gasteiger partial charge in [0, 0.05) is 45.8 Å². The van der Waals surface area contributed by atoms with Crippen LogP contribution in [0.15, 0.2) is 30.5 Å². The number of carbonyl (C=O) groups excluding carboxylic acids is 2. The number of para-hydroxylation sites is 2. The number of amides is 2. The smallest absolute Gasteiger partial charge is 0.289 e. The van der Waals surface area contributed by atoms with Crippen LogP contribution in [0, 0.1) is 0 Å². The minimum atomic E-state index is -0.272. The topological polar surface area (TPSA) is 85.1 Å². The van der Waals surface area contributed by atoms with Crippen molar-refractivity contribution in [3.8, 4) is 0 Å². The highest BCUT2D eigenvalue weighted by molar-refractivity contribution is 5.96. The molecule has 0 radical (unpaired) electrons. The molecule has 140 valence electrons. The van der Waals surface area contributed by atoms with Crippen molar-refractivity contribution >= 4 is 22.8 Å². The molecule has 1 N–H and O–H groups in total. The molecule has 0 fully saturated rings. The van der Waals surface area contributed by atoms with Gasteiger partial charge in [-0.25, -0.2) is 9.97 Å². The van der Waals surface area contributed by atoms with Gasteiger partial charge in [-0.2, -0.15) is 0 Å². The molecule has 0 saturated carbocycles. The third kappa shape index (κ3) is 3.07. The Labute approximate surface area is 156 Å². The standard InChI is InChI=1S/C19H22N6O2/c1-3-24-10-11-25-12-14(22-17(25)19(24)27)18(26)20-9-8-16-21-13-6-4-5-7-15(13)23(16)2/h4-7,12H,3,8-11H2,1-2H3,(H,20,26). The van der Waals surface area contributed by atoms with Crippen molar-refractivity contribution in [1.29, 1.82) is 0 Å². The monoisotopic (exact) mass is 366 g/mol. The number of nitrogens with zero attached hydrogens (tertiary/aromatic N) is 5. The normalized spacial score (nSPS) is 13.9. The van der Waals surface area contributed by atoms with Crippen molar-refractivity contribution in [3.05, 3.63) is 47.8 Å². The molecular weight excluding hydrogens is 344 g/mol. The molecule has 3 heterocycles. The number of carbonyl (C=O) groups is 2. The summed E-state index contributed by atoms with van der Waals surface area (Å²) >= 11 is 0. The van der Waals surface area contributed by atoms with Gasteiger partial charge in [-0.05, 0) is 19.1 Å². The zero-order chi connectivity index (χ0) is 19.0. The van der Waals surface area contributed by atoms with Crippen LogP contribution >= 0.6 is 0 Å². The number of benzene rings is 1. The summed E-state index contributed by atoms with van der Waals surface area (Å²) in [6.07, 6.45) is 2.28. The van der Waals surface area contributed by atoms with E-state index in [9.17, 15) is 9.59 Å². The van der Waals surface area contributed by atoms with Gasteiger partial charge >= 0.3 is 0 Å². The maximum atomic E-state index is 12.4. The van der Waals surface area contributed by atoms with Crippen molar-refractivity contribution in [2.24, 2.45) is 7.05 Å². The summed E-state index contributed by atoms with van der Waals surface area (Å²) in [4.78, 5) is 35.3. The van der Waals surface area contributed by atoms with E-state index in [0.29, 0.717) is 38.4 Å². The molecule has 1 aliphatic heterocycles. The Morgan fingerprint density at radius 2 is 2.04 bits per heavy atom. The lowest BCUT2D eigenvalue weighted by molar-refractivity contribution is 0.0707. The zero-order valence-electron chi connectivity index (χ0n) is 15.5. The van der Waals surface area contributed by atoms with Crippen molar-refractivity contribution in [1.82, 2.24) is 29.3 Å². The summed E-state index contributed by atoms with van der Waals surface area (Å²) in [5.41, 5.74) is 2.29. The molecule has 27 heavy (non-hydrogen) atoms. The van der Waals surface area contributed by atoms with Gasteiger partial charge in [-0.1, -0.05) is 12.1 Å². The molecule has 0 spiro atoms. The van der Waals surface area contributed by atoms with Crippen molar-refractivity contribution in [3.63, 3.8) is 0 Å². The minimum Gasteiger partial charge on any atom is -0.350 e. The first kappa shape index (κ1) is 17.3. The third-order valence-corrected chi connectivity index (χ3v) is 4.99. The molecule has 1 aliphatic rings. The highest BCUT2D eigenvalue weighted by atomic mass is 16.2. The molecule has 2 amide bonds. The van der Waals surface area contributed by atoms with Gasteiger partial charge in [0.15, 0.2) is 5.82 Å². The van der Waals surface area contributed by atoms with E-state index in [-0.39, 0.29) is 17.5 Å². The molecule has 0 aliphatic carbocycles. The van der Waals surface area contributed by atoms with Crippen LogP contribution < -0.4 is 5.32 Å². The molecule has 1 aromatic carbocycles. The van der Waals surface area contributed by atoms with Crippen LogP contribution in [-0.4, -0.2) is 55.5 Å². The number of rotatable bonds is 5. The second-order valence-electron chi connectivity index (χ2n) is 6.61. The zero-order valence-corrected chi connectivity index (χ0v) is 15.5.